The van der Waals surface area contributed by atoms with Crippen molar-refractivity contribution >= 4 is 32.5 Å². The Morgan fingerprint density at radius 2 is 1.54 bits per heavy atom. The summed E-state index contributed by atoms with van der Waals surface area (Å²) in [5, 5.41) is 9.78. The maximum absolute atomic E-state index is 13.8. The first kappa shape index (κ1) is 17.7. The van der Waals surface area contributed by atoms with E-state index in [0.29, 0.717) is 17.5 Å². The van der Waals surface area contributed by atoms with Crippen LogP contribution in [0.3, 0.4) is 0 Å². The number of aromatic carboxylic acids is 1. The molecule has 3 aromatic rings. The summed E-state index contributed by atoms with van der Waals surface area (Å²) in [6.45, 7) is 0. The Labute approximate surface area is 145 Å². The molecule has 0 aliphatic heterocycles. The van der Waals surface area contributed by atoms with Gasteiger partial charge in [0.2, 0.25) is 0 Å². The quantitative estimate of drug-likeness (QED) is 0.721. The lowest BCUT2D eigenvalue weighted by Gasteiger charge is -2.13. The van der Waals surface area contributed by atoms with Crippen LogP contribution in [0.25, 0.3) is 10.8 Å². The highest BCUT2D eigenvalue weighted by molar-refractivity contribution is 7.92. The van der Waals surface area contributed by atoms with Crippen molar-refractivity contribution in [3.8, 4) is 0 Å². The molecule has 0 bridgehead atoms. The van der Waals surface area contributed by atoms with Gasteiger partial charge in [0.15, 0.2) is 0 Å². The number of anilines is 1. The molecule has 9 heteroatoms. The van der Waals surface area contributed by atoms with Gasteiger partial charge in [0.05, 0.1) is 11.3 Å². The number of hydrogen-bond donors (Lipinski definition) is 2. The molecule has 5 nitrogen and oxygen atoms in total. The van der Waals surface area contributed by atoms with Gasteiger partial charge in [-0.2, -0.15) is 0 Å². The molecule has 0 unspecified atom stereocenters. The number of fused-ring (bicyclic) bond motifs is 1. The average Bonchev–Trinajstić information content (AvgIpc) is 2.53. The Hall–Kier alpha value is -3.07. The van der Waals surface area contributed by atoms with Gasteiger partial charge >= 0.3 is 5.97 Å². The summed E-state index contributed by atoms with van der Waals surface area (Å²) in [5.74, 6) is -4.50. The van der Waals surface area contributed by atoms with Gasteiger partial charge in [0.1, 0.15) is 22.3 Å². The summed E-state index contributed by atoms with van der Waals surface area (Å²) in [7, 11) is -4.54. The molecule has 26 heavy (non-hydrogen) atoms. The van der Waals surface area contributed by atoms with Gasteiger partial charge in [-0.1, -0.05) is 12.1 Å². The number of benzene rings is 3. The SMILES string of the molecule is O=C(O)c1c(NS(=O)(=O)c2ccc(F)cc2F)ccc2ccc(F)cc12. The third-order valence-corrected chi connectivity index (χ3v) is 5.02. The maximum Gasteiger partial charge on any atom is 0.338 e. The normalized spacial score (nSPS) is 11.5. The van der Waals surface area contributed by atoms with E-state index >= 15 is 0 Å². The molecule has 0 fully saturated rings. The summed E-state index contributed by atoms with van der Waals surface area (Å²) in [4.78, 5) is 10.7. The molecule has 0 heterocycles. The summed E-state index contributed by atoms with van der Waals surface area (Å²) < 4.78 is 67.0. The molecule has 134 valence electrons. The van der Waals surface area contributed by atoms with Crippen molar-refractivity contribution in [1.82, 2.24) is 0 Å². The highest BCUT2D eigenvalue weighted by atomic mass is 32.2. The number of carbonyl (C=O) groups is 1. The lowest BCUT2D eigenvalue weighted by molar-refractivity contribution is 0.0700. The van der Waals surface area contributed by atoms with E-state index in [1.165, 1.54) is 18.2 Å². The van der Waals surface area contributed by atoms with Crippen molar-refractivity contribution in [3.63, 3.8) is 0 Å². The Morgan fingerprint density at radius 1 is 0.923 bits per heavy atom. The van der Waals surface area contributed by atoms with Crippen LogP contribution in [0.1, 0.15) is 10.4 Å². The van der Waals surface area contributed by atoms with Crippen molar-refractivity contribution in [3.05, 3.63) is 71.5 Å². The third kappa shape index (κ3) is 3.21. The smallest absolute Gasteiger partial charge is 0.338 e. The number of halogens is 3. The van der Waals surface area contributed by atoms with Crippen molar-refractivity contribution in [2.45, 2.75) is 4.90 Å². The first-order valence-electron chi connectivity index (χ1n) is 7.12. The summed E-state index contributed by atoms with van der Waals surface area (Å²) in [6.07, 6.45) is 0. The number of hydrogen-bond acceptors (Lipinski definition) is 3. The minimum Gasteiger partial charge on any atom is -0.478 e. The molecule has 0 aliphatic carbocycles. The number of rotatable bonds is 4. The van der Waals surface area contributed by atoms with E-state index in [-0.39, 0.29) is 11.1 Å². The zero-order chi connectivity index (χ0) is 19.1. The largest absolute Gasteiger partial charge is 0.478 e. The molecule has 0 spiro atoms. The van der Waals surface area contributed by atoms with E-state index < -0.39 is 43.9 Å². The lowest BCUT2D eigenvalue weighted by Crippen LogP contribution is -2.17. The second-order valence-corrected chi connectivity index (χ2v) is 6.99. The fourth-order valence-corrected chi connectivity index (χ4v) is 3.63. The molecule has 3 aromatic carbocycles. The first-order chi connectivity index (χ1) is 12.2. The van der Waals surface area contributed by atoms with Crippen LogP contribution in [0.4, 0.5) is 18.9 Å². The summed E-state index contributed by atoms with van der Waals surface area (Å²) in [5.41, 5.74) is -0.868. The monoisotopic (exact) mass is 381 g/mol. The van der Waals surface area contributed by atoms with Crippen LogP contribution < -0.4 is 4.72 Å². The minimum absolute atomic E-state index is 0.0303. The number of carboxylic acids is 1. The van der Waals surface area contributed by atoms with Crippen LogP contribution in [0.5, 0.6) is 0 Å². The Balaban J connectivity index is 2.16. The van der Waals surface area contributed by atoms with E-state index in [1.807, 2.05) is 4.72 Å². The molecule has 0 aliphatic rings. The number of nitrogens with one attached hydrogen (secondary N) is 1. The van der Waals surface area contributed by atoms with Crippen molar-refractivity contribution in [2.75, 3.05) is 4.72 Å². The number of carboxylic acid groups (broad SMARTS) is 1. The highest BCUT2D eigenvalue weighted by Crippen LogP contribution is 2.29. The Bertz CT molecular complexity index is 1150. The zero-order valence-electron chi connectivity index (χ0n) is 12.8. The number of sulfonamides is 1. The fraction of sp³-hybridized carbons (Fsp3) is 0. The average molecular weight is 381 g/mol. The van der Waals surface area contributed by atoms with Gasteiger partial charge in [0, 0.05) is 11.5 Å². The van der Waals surface area contributed by atoms with Gasteiger partial charge in [-0.05, 0) is 35.7 Å². The second-order valence-electron chi connectivity index (χ2n) is 5.34. The second kappa shape index (κ2) is 6.34. The molecule has 0 saturated heterocycles. The zero-order valence-corrected chi connectivity index (χ0v) is 13.6. The topological polar surface area (TPSA) is 83.5 Å². The Kier molecular flexibility index (Phi) is 4.33. The Morgan fingerprint density at radius 3 is 2.19 bits per heavy atom. The minimum atomic E-state index is -4.54. The first-order valence-corrected chi connectivity index (χ1v) is 8.61. The third-order valence-electron chi connectivity index (χ3n) is 3.63. The molecule has 0 aromatic heterocycles. The standard InChI is InChI=1S/C17H10F3NO4S/c18-10-3-1-9-2-5-14(16(17(22)23)12(9)7-10)21-26(24,25)15-6-4-11(19)8-13(15)20/h1-8,21H,(H,22,23). The van der Waals surface area contributed by atoms with Crippen molar-refractivity contribution in [2.24, 2.45) is 0 Å². The summed E-state index contributed by atoms with van der Waals surface area (Å²) in [6, 6.07) is 7.85. The van der Waals surface area contributed by atoms with Crippen LogP contribution in [-0.2, 0) is 10.0 Å². The van der Waals surface area contributed by atoms with Gasteiger partial charge < -0.3 is 5.11 Å². The maximum atomic E-state index is 13.8. The van der Waals surface area contributed by atoms with E-state index in [9.17, 15) is 31.5 Å². The molecule has 2 N–H and O–H groups in total. The van der Waals surface area contributed by atoms with Gasteiger partial charge in [-0.3, -0.25) is 4.72 Å². The van der Waals surface area contributed by atoms with E-state index in [2.05, 4.69) is 0 Å². The molecule has 0 atom stereocenters. The van der Waals surface area contributed by atoms with E-state index in [4.69, 9.17) is 0 Å². The van der Waals surface area contributed by atoms with Crippen LogP contribution in [0.2, 0.25) is 0 Å². The van der Waals surface area contributed by atoms with Gasteiger partial charge in [0.25, 0.3) is 10.0 Å². The summed E-state index contributed by atoms with van der Waals surface area (Å²) >= 11 is 0. The predicted molar refractivity (Wildman–Crippen MR) is 88.0 cm³/mol. The van der Waals surface area contributed by atoms with Crippen LogP contribution >= 0.6 is 0 Å². The lowest BCUT2D eigenvalue weighted by atomic mass is 10.0. The molecule has 0 saturated carbocycles. The van der Waals surface area contributed by atoms with E-state index in [1.54, 1.807) is 0 Å². The van der Waals surface area contributed by atoms with Gasteiger partial charge in [-0.15, -0.1) is 0 Å². The predicted octanol–water partition coefficient (Wildman–Crippen LogP) is 3.76. The fourth-order valence-electron chi connectivity index (χ4n) is 2.50. The van der Waals surface area contributed by atoms with Crippen molar-refractivity contribution < 1.29 is 31.5 Å². The molecule has 0 amide bonds. The molecular weight excluding hydrogens is 371 g/mol. The van der Waals surface area contributed by atoms with Crippen LogP contribution in [0.15, 0.2) is 53.4 Å². The van der Waals surface area contributed by atoms with Crippen molar-refractivity contribution in [1.29, 1.82) is 0 Å². The van der Waals surface area contributed by atoms with E-state index in [0.717, 1.165) is 18.2 Å². The molecular formula is C17H10F3NO4S. The molecule has 0 radical (unpaired) electrons. The van der Waals surface area contributed by atoms with Crippen LogP contribution in [0, 0.1) is 17.5 Å². The highest BCUT2D eigenvalue weighted by Gasteiger charge is 2.23. The van der Waals surface area contributed by atoms with Crippen LogP contribution in [-0.4, -0.2) is 19.5 Å². The molecule has 3 rings (SSSR count). The van der Waals surface area contributed by atoms with Gasteiger partial charge in [-0.25, -0.2) is 26.4 Å².